The number of aryl methyl sites for hydroxylation is 2. The van der Waals surface area contributed by atoms with Gasteiger partial charge < -0.3 is 4.98 Å². The molecule has 0 amide bonds. The Balaban J connectivity index is 1.43. The van der Waals surface area contributed by atoms with E-state index in [9.17, 15) is 4.79 Å². The number of aromatic nitrogens is 4. The number of nitrogens with one attached hydrogen (secondary N) is 1. The summed E-state index contributed by atoms with van der Waals surface area (Å²) < 4.78 is 2.01. The summed E-state index contributed by atoms with van der Waals surface area (Å²) in [6, 6.07) is 7.05. The lowest BCUT2D eigenvalue weighted by Gasteiger charge is -2.18. The summed E-state index contributed by atoms with van der Waals surface area (Å²) in [5, 5.41) is 5.15. The number of likely N-dealkylation sites (tertiary alicyclic amines) is 1. The molecule has 158 valence electrons. The third kappa shape index (κ3) is 3.47. The lowest BCUT2D eigenvalue weighted by atomic mass is 9.97. The lowest BCUT2D eigenvalue weighted by molar-refractivity contribution is 0.317. The van der Waals surface area contributed by atoms with Crippen molar-refractivity contribution in [3.63, 3.8) is 0 Å². The molecule has 1 aliphatic carbocycles. The fourth-order valence-electron chi connectivity index (χ4n) is 5.31. The molecule has 30 heavy (non-hydrogen) atoms. The molecule has 6 nitrogen and oxygen atoms in total. The molecule has 2 aromatic heterocycles. The Hall–Kier alpha value is -2.47. The normalized spacial score (nSPS) is 23.0. The van der Waals surface area contributed by atoms with E-state index in [1.807, 2.05) is 4.68 Å². The standard InChI is InChI=1S/C24H31N5O/c1-15-8-9-16(2)18(10-15)13-28-12-17(3)21(14-28)22-26-23-20(24(30)27-22)11-25-29(23)19-6-4-5-7-19/h8-11,17,19,21H,4-7,12-14H2,1-3H3,(H,26,27,30)/t17-,21-/m1/s1. The van der Waals surface area contributed by atoms with Crippen LogP contribution in [0.5, 0.6) is 0 Å². The van der Waals surface area contributed by atoms with Gasteiger partial charge in [-0.15, -0.1) is 0 Å². The molecule has 1 aromatic carbocycles. The van der Waals surface area contributed by atoms with Crippen molar-refractivity contribution < 1.29 is 0 Å². The van der Waals surface area contributed by atoms with Crippen LogP contribution in [0, 0.1) is 19.8 Å². The van der Waals surface area contributed by atoms with Crippen LogP contribution in [0.1, 0.15) is 67.1 Å². The maximum Gasteiger partial charge on any atom is 0.262 e. The van der Waals surface area contributed by atoms with Gasteiger partial charge in [-0.2, -0.15) is 5.10 Å². The topological polar surface area (TPSA) is 66.8 Å². The first-order valence-corrected chi connectivity index (χ1v) is 11.3. The number of benzene rings is 1. The van der Waals surface area contributed by atoms with Crippen molar-refractivity contribution in [3.05, 3.63) is 57.3 Å². The van der Waals surface area contributed by atoms with Crippen molar-refractivity contribution in [1.29, 1.82) is 0 Å². The number of aromatic amines is 1. The quantitative estimate of drug-likeness (QED) is 0.710. The van der Waals surface area contributed by atoms with E-state index in [0.717, 1.165) is 43.9 Å². The maximum absolute atomic E-state index is 12.8. The first-order chi connectivity index (χ1) is 14.5. The summed E-state index contributed by atoms with van der Waals surface area (Å²) in [5.41, 5.74) is 4.74. The largest absolute Gasteiger partial charge is 0.310 e. The van der Waals surface area contributed by atoms with Crippen LogP contribution in [0.2, 0.25) is 0 Å². The summed E-state index contributed by atoms with van der Waals surface area (Å²) in [5.74, 6) is 1.50. The Morgan fingerprint density at radius 3 is 2.77 bits per heavy atom. The SMILES string of the molecule is Cc1ccc(C)c(CN2C[C@@H](C)[C@H](c3nc4c(cnn4C4CCCC4)c(=O)[nH]3)C2)c1. The Kier molecular flexibility index (Phi) is 4.97. The average Bonchev–Trinajstić information content (AvgIpc) is 3.44. The minimum atomic E-state index is -0.0561. The van der Waals surface area contributed by atoms with Gasteiger partial charge in [-0.3, -0.25) is 9.69 Å². The summed E-state index contributed by atoms with van der Waals surface area (Å²) in [6.07, 6.45) is 6.41. The molecule has 0 bridgehead atoms. The zero-order valence-electron chi connectivity index (χ0n) is 18.2. The van der Waals surface area contributed by atoms with E-state index in [2.05, 4.69) is 54.0 Å². The number of fused-ring (bicyclic) bond motifs is 1. The Labute approximate surface area is 177 Å². The van der Waals surface area contributed by atoms with Gasteiger partial charge in [0.05, 0.1) is 12.2 Å². The number of H-pyrrole nitrogens is 1. The molecule has 2 fully saturated rings. The van der Waals surface area contributed by atoms with Crippen molar-refractivity contribution in [2.24, 2.45) is 5.92 Å². The minimum Gasteiger partial charge on any atom is -0.310 e. The monoisotopic (exact) mass is 405 g/mol. The summed E-state index contributed by atoms with van der Waals surface area (Å²) >= 11 is 0. The molecule has 5 rings (SSSR count). The molecule has 1 saturated carbocycles. The van der Waals surface area contributed by atoms with Gasteiger partial charge in [0.15, 0.2) is 5.65 Å². The Morgan fingerprint density at radius 2 is 1.97 bits per heavy atom. The molecule has 0 spiro atoms. The van der Waals surface area contributed by atoms with Crippen LogP contribution in [0.15, 0.2) is 29.2 Å². The van der Waals surface area contributed by atoms with Crippen LogP contribution in [0.4, 0.5) is 0 Å². The summed E-state index contributed by atoms with van der Waals surface area (Å²) in [6.45, 7) is 9.48. The highest BCUT2D eigenvalue weighted by Crippen LogP contribution is 2.33. The fourth-order valence-corrected chi connectivity index (χ4v) is 5.31. The molecule has 2 atom stereocenters. The van der Waals surface area contributed by atoms with Crippen molar-refractivity contribution in [2.45, 2.75) is 65.0 Å². The highest BCUT2D eigenvalue weighted by molar-refractivity contribution is 5.73. The maximum atomic E-state index is 12.8. The minimum absolute atomic E-state index is 0.0561. The molecule has 0 unspecified atom stereocenters. The summed E-state index contributed by atoms with van der Waals surface area (Å²) in [4.78, 5) is 23.3. The number of rotatable bonds is 4. The summed E-state index contributed by atoms with van der Waals surface area (Å²) in [7, 11) is 0. The number of hydrogen-bond donors (Lipinski definition) is 1. The van der Waals surface area contributed by atoms with Crippen LogP contribution >= 0.6 is 0 Å². The zero-order chi connectivity index (χ0) is 20.8. The van der Waals surface area contributed by atoms with Crippen LogP contribution < -0.4 is 5.56 Å². The second-order valence-corrected chi connectivity index (χ2v) is 9.42. The molecule has 6 heteroatoms. The highest BCUT2D eigenvalue weighted by Gasteiger charge is 2.33. The van der Waals surface area contributed by atoms with Gasteiger partial charge in [0.1, 0.15) is 11.2 Å². The molecular weight excluding hydrogens is 374 g/mol. The third-order valence-electron chi connectivity index (χ3n) is 7.09. The van der Waals surface area contributed by atoms with Crippen molar-refractivity contribution in [2.75, 3.05) is 13.1 Å². The van der Waals surface area contributed by atoms with E-state index in [1.54, 1.807) is 6.20 Å². The molecule has 3 aromatic rings. The van der Waals surface area contributed by atoms with E-state index in [-0.39, 0.29) is 11.5 Å². The Morgan fingerprint density at radius 1 is 1.17 bits per heavy atom. The van der Waals surface area contributed by atoms with E-state index in [4.69, 9.17) is 4.98 Å². The zero-order valence-corrected chi connectivity index (χ0v) is 18.2. The second kappa shape index (κ2) is 7.65. The van der Waals surface area contributed by atoms with Gasteiger partial charge in [0.2, 0.25) is 0 Å². The molecule has 1 N–H and O–H groups in total. The van der Waals surface area contributed by atoms with Gasteiger partial charge in [0.25, 0.3) is 5.56 Å². The fraction of sp³-hybridized carbons (Fsp3) is 0.542. The third-order valence-corrected chi connectivity index (χ3v) is 7.09. The molecule has 0 radical (unpaired) electrons. The van der Waals surface area contributed by atoms with E-state index in [1.165, 1.54) is 29.5 Å². The second-order valence-electron chi connectivity index (χ2n) is 9.42. The van der Waals surface area contributed by atoms with Gasteiger partial charge >= 0.3 is 0 Å². The molecule has 2 aliphatic rings. The molecular formula is C24H31N5O. The van der Waals surface area contributed by atoms with Crippen LogP contribution in [0.25, 0.3) is 11.0 Å². The van der Waals surface area contributed by atoms with Crippen LogP contribution in [-0.4, -0.2) is 37.7 Å². The molecule has 3 heterocycles. The molecule has 1 saturated heterocycles. The van der Waals surface area contributed by atoms with Crippen molar-refractivity contribution in [3.8, 4) is 0 Å². The number of nitrogens with zero attached hydrogens (tertiary/aromatic N) is 4. The Bertz CT molecular complexity index is 1120. The van der Waals surface area contributed by atoms with Crippen molar-refractivity contribution in [1.82, 2.24) is 24.6 Å². The van der Waals surface area contributed by atoms with Crippen molar-refractivity contribution >= 4 is 11.0 Å². The first kappa shape index (κ1) is 19.5. The smallest absolute Gasteiger partial charge is 0.262 e. The van der Waals surface area contributed by atoms with E-state index in [0.29, 0.717) is 17.3 Å². The van der Waals surface area contributed by atoms with Gasteiger partial charge in [0, 0.05) is 25.6 Å². The lowest BCUT2D eigenvalue weighted by Crippen LogP contribution is -2.22. The predicted molar refractivity (Wildman–Crippen MR) is 119 cm³/mol. The predicted octanol–water partition coefficient (Wildman–Crippen LogP) is 4.09. The average molecular weight is 406 g/mol. The van der Waals surface area contributed by atoms with Crippen LogP contribution in [-0.2, 0) is 6.54 Å². The van der Waals surface area contributed by atoms with Gasteiger partial charge in [-0.25, -0.2) is 9.67 Å². The van der Waals surface area contributed by atoms with Gasteiger partial charge in [-0.1, -0.05) is 43.5 Å². The van der Waals surface area contributed by atoms with Gasteiger partial charge in [-0.05, 0) is 43.7 Å². The number of hydrogen-bond acceptors (Lipinski definition) is 4. The van der Waals surface area contributed by atoms with E-state index < -0.39 is 0 Å². The molecule has 1 aliphatic heterocycles. The highest BCUT2D eigenvalue weighted by atomic mass is 16.1. The van der Waals surface area contributed by atoms with E-state index >= 15 is 0 Å². The first-order valence-electron chi connectivity index (χ1n) is 11.3. The van der Waals surface area contributed by atoms with Crippen LogP contribution in [0.3, 0.4) is 0 Å².